The van der Waals surface area contributed by atoms with E-state index in [9.17, 15) is 9.59 Å². The third-order valence-electron chi connectivity index (χ3n) is 3.32. The van der Waals surface area contributed by atoms with E-state index in [0.29, 0.717) is 22.5 Å². The molecule has 0 aliphatic rings. The van der Waals surface area contributed by atoms with Crippen LogP contribution in [0.25, 0.3) is 0 Å². The van der Waals surface area contributed by atoms with Crippen molar-refractivity contribution in [1.29, 1.82) is 0 Å². The Hall–Kier alpha value is -1.60. The Morgan fingerprint density at radius 1 is 1.36 bits per heavy atom. The molecule has 5 nitrogen and oxygen atoms in total. The van der Waals surface area contributed by atoms with Crippen molar-refractivity contribution in [1.82, 2.24) is 9.97 Å². The summed E-state index contributed by atoms with van der Waals surface area (Å²) in [6, 6.07) is 0. The van der Waals surface area contributed by atoms with Crippen LogP contribution in [0.3, 0.4) is 0 Å². The maximum absolute atomic E-state index is 12.6. The second-order valence-electron chi connectivity index (χ2n) is 5.00. The van der Waals surface area contributed by atoms with Crippen molar-refractivity contribution in [3.05, 3.63) is 33.6 Å². The minimum absolute atomic E-state index is 0.0476. The number of carbonyl (C=O) groups is 2. The Morgan fingerprint density at radius 3 is 2.59 bits per heavy atom. The van der Waals surface area contributed by atoms with Gasteiger partial charge in [-0.1, -0.05) is 11.8 Å². The lowest BCUT2D eigenvalue weighted by atomic mass is 10.1. The average molecular weight is 338 g/mol. The molecule has 0 aromatic carbocycles. The third-order valence-corrected chi connectivity index (χ3v) is 5.51. The molecule has 2 heterocycles. The molecule has 0 saturated carbocycles. The molecular formula is C15H18N2O3S2. The molecule has 0 amide bonds. The molecule has 0 radical (unpaired) electrons. The summed E-state index contributed by atoms with van der Waals surface area (Å²) in [5.74, 6) is -0.477. The number of ketones is 1. The predicted octanol–water partition coefficient (Wildman–Crippen LogP) is 3.55. The summed E-state index contributed by atoms with van der Waals surface area (Å²) in [5.41, 5.74) is 3.14. The van der Waals surface area contributed by atoms with Gasteiger partial charge in [-0.25, -0.2) is 9.78 Å². The highest BCUT2D eigenvalue weighted by Gasteiger charge is 2.26. The number of esters is 1. The molecule has 0 aliphatic carbocycles. The second-order valence-corrected chi connectivity index (χ2v) is 7.44. The highest BCUT2D eigenvalue weighted by Crippen LogP contribution is 2.30. The molecule has 2 aromatic rings. The lowest BCUT2D eigenvalue weighted by molar-refractivity contribution is 0.0599. The Morgan fingerprint density at radius 2 is 2.05 bits per heavy atom. The van der Waals surface area contributed by atoms with Crippen molar-refractivity contribution < 1.29 is 14.3 Å². The smallest absolute Gasteiger partial charge is 0.339 e. The minimum Gasteiger partial charge on any atom is -0.465 e. The zero-order valence-electron chi connectivity index (χ0n) is 13.1. The normalized spacial score (nSPS) is 12.2. The molecule has 118 valence electrons. The summed E-state index contributed by atoms with van der Waals surface area (Å²) in [7, 11) is 1.33. The number of aromatic nitrogens is 2. The topological polar surface area (TPSA) is 72.1 Å². The molecule has 0 bridgehead atoms. The number of thiazole rings is 1. The van der Waals surface area contributed by atoms with E-state index in [4.69, 9.17) is 4.74 Å². The average Bonchev–Trinajstić information content (AvgIpc) is 3.00. The fourth-order valence-corrected chi connectivity index (χ4v) is 4.24. The van der Waals surface area contributed by atoms with E-state index in [1.165, 1.54) is 30.2 Å². The van der Waals surface area contributed by atoms with Crippen LogP contribution >= 0.6 is 23.1 Å². The van der Waals surface area contributed by atoms with Gasteiger partial charge in [0.05, 0.1) is 23.6 Å². The van der Waals surface area contributed by atoms with Gasteiger partial charge in [0.2, 0.25) is 0 Å². The summed E-state index contributed by atoms with van der Waals surface area (Å²) in [6.07, 6.45) is 0. The van der Waals surface area contributed by atoms with Crippen LogP contribution in [-0.4, -0.2) is 34.1 Å². The van der Waals surface area contributed by atoms with Gasteiger partial charge in [0, 0.05) is 16.8 Å². The largest absolute Gasteiger partial charge is 0.465 e. The van der Waals surface area contributed by atoms with Gasteiger partial charge in [-0.2, -0.15) is 0 Å². The maximum atomic E-state index is 12.6. The maximum Gasteiger partial charge on any atom is 0.339 e. The number of hydrogen-bond donors (Lipinski definition) is 1. The molecule has 0 aliphatic heterocycles. The van der Waals surface area contributed by atoms with Crippen molar-refractivity contribution in [3.63, 3.8) is 0 Å². The number of ether oxygens (including phenoxy) is 1. The first kappa shape index (κ1) is 16.8. The van der Waals surface area contributed by atoms with Crippen molar-refractivity contribution in [2.75, 3.05) is 7.11 Å². The molecule has 7 heteroatoms. The van der Waals surface area contributed by atoms with E-state index in [1.807, 2.05) is 19.2 Å². The first-order valence-corrected chi connectivity index (χ1v) is 8.51. The number of thioether (sulfide) groups is 1. The Kier molecular flexibility index (Phi) is 5.08. The van der Waals surface area contributed by atoms with Gasteiger partial charge >= 0.3 is 5.97 Å². The first-order valence-electron chi connectivity index (χ1n) is 6.75. The van der Waals surface area contributed by atoms with Crippen LogP contribution < -0.4 is 0 Å². The van der Waals surface area contributed by atoms with E-state index < -0.39 is 5.97 Å². The van der Waals surface area contributed by atoms with Crippen LogP contribution in [0, 0.1) is 20.8 Å². The summed E-state index contributed by atoms with van der Waals surface area (Å²) in [6.45, 7) is 7.29. The van der Waals surface area contributed by atoms with Crippen LogP contribution in [0.1, 0.15) is 44.7 Å². The minimum atomic E-state index is -0.429. The highest BCUT2D eigenvalue weighted by molar-refractivity contribution is 8.02. The fraction of sp³-hybridized carbons (Fsp3) is 0.400. The van der Waals surface area contributed by atoms with Crippen LogP contribution in [0.2, 0.25) is 0 Å². The van der Waals surface area contributed by atoms with Crippen molar-refractivity contribution in [2.45, 2.75) is 37.3 Å². The van der Waals surface area contributed by atoms with Gasteiger partial charge in [-0.05, 0) is 33.3 Å². The highest BCUT2D eigenvalue weighted by atomic mass is 32.2. The van der Waals surface area contributed by atoms with E-state index >= 15 is 0 Å². The molecule has 1 N–H and O–H groups in total. The van der Waals surface area contributed by atoms with Gasteiger partial charge in [-0.15, -0.1) is 11.3 Å². The zero-order chi connectivity index (χ0) is 16.4. The molecule has 2 rings (SSSR count). The number of aromatic amines is 1. The molecule has 0 spiro atoms. The SMILES string of the molecule is COC(=O)c1c(C)[nH]c(C(=O)[C@H](C)Sc2nc(C)cs2)c1C. The van der Waals surface area contributed by atoms with Crippen LogP contribution in [0.4, 0.5) is 0 Å². The lowest BCUT2D eigenvalue weighted by Gasteiger charge is -2.08. The number of H-pyrrole nitrogens is 1. The predicted molar refractivity (Wildman–Crippen MR) is 88.1 cm³/mol. The number of Topliss-reactive ketones (excluding diaryl/α,β-unsaturated/α-hetero) is 1. The van der Waals surface area contributed by atoms with E-state index in [-0.39, 0.29) is 11.0 Å². The van der Waals surface area contributed by atoms with E-state index in [1.54, 1.807) is 13.8 Å². The van der Waals surface area contributed by atoms with Gasteiger partial charge in [0.15, 0.2) is 10.1 Å². The molecule has 0 saturated heterocycles. The number of nitrogens with zero attached hydrogens (tertiary/aromatic N) is 1. The first-order chi connectivity index (χ1) is 10.3. The summed E-state index contributed by atoms with van der Waals surface area (Å²) in [5, 5.41) is 1.67. The Bertz CT molecular complexity index is 718. The van der Waals surface area contributed by atoms with Gasteiger partial charge in [-0.3, -0.25) is 4.79 Å². The number of methoxy groups -OCH3 is 1. The van der Waals surface area contributed by atoms with Crippen molar-refractivity contribution in [2.24, 2.45) is 0 Å². The molecular weight excluding hydrogens is 320 g/mol. The molecule has 1 atom stereocenters. The summed E-state index contributed by atoms with van der Waals surface area (Å²) >= 11 is 2.95. The lowest BCUT2D eigenvalue weighted by Crippen LogP contribution is -2.15. The molecule has 22 heavy (non-hydrogen) atoms. The zero-order valence-corrected chi connectivity index (χ0v) is 14.8. The van der Waals surface area contributed by atoms with Gasteiger partial charge < -0.3 is 9.72 Å². The molecule has 2 aromatic heterocycles. The van der Waals surface area contributed by atoms with Crippen LogP contribution in [-0.2, 0) is 4.74 Å². The van der Waals surface area contributed by atoms with Gasteiger partial charge in [0.25, 0.3) is 0 Å². The number of aryl methyl sites for hydroxylation is 2. The quantitative estimate of drug-likeness (QED) is 0.513. The number of carbonyl (C=O) groups excluding carboxylic acids is 2. The number of nitrogens with one attached hydrogen (secondary N) is 1. The number of hydrogen-bond acceptors (Lipinski definition) is 6. The Balaban J connectivity index is 2.24. The third kappa shape index (κ3) is 3.25. The standard InChI is InChI=1S/C15H18N2O3S2/c1-7-6-21-15(16-7)22-10(4)13(18)12-8(2)11(9(3)17-12)14(19)20-5/h6,10,17H,1-5H3/t10-/m0/s1. The summed E-state index contributed by atoms with van der Waals surface area (Å²) < 4.78 is 5.63. The van der Waals surface area contributed by atoms with Crippen LogP contribution in [0.15, 0.2) is 9.72 Å². The second kappa shape index (κ2) is 6.66. The number of rotatable bonds is 5. The van der Waals surface area contributed by atoms with E-state index in [0.717, 1.165) is 10.0 Å². The molecule has 0 fully saturated rings. The van der Waals surface area contributed by atoms with E-state index in [2.05, 4.69) is 9.97 Å². The van der Waals surface area contributed by atoms with Crippen LogP contribution in [0.5, 0.6) is 0 Å². The molecule has 0 unspecified atom stereocenters. The summed E-state index contributed by atoms with van der Waals surface area (Å²) in [4.78, 5) is 31.8. The Labute approximate surface area is 137 Å². The fourth-order valence-electron chi connectivity index (χ4n) is 2.20. The van der Waals surface area contributed by atoms with Gasteiger partial charge in [0.1, 0.15) is 0 Å². The monoisotopic (exact) mass is 338 g/mol. The van der Waals surface area contributed by atoms with Crippen molar-refractivity contribution >= 4 is 34.9 Å². The van der Waals surface area contributed by atoms with Crippen molar-refractivity contribution in [3.8, 4) is 0 Å².